The van der Waals surface area contributed by atoms with Gasteiger partial charge in [-0.05, 0) is 78.8 Å². The maximum atomic E-state index is 14.0. The zero-order valence-electron chi connectivity index (χ0n) is 19.0. The van der Waals surface area contributed by atoms with Crippen molar-refractivity contribution in [1.29, 1.82) is 0 Å². The van der Waals surface area contributed by atoms with Gasteiger partial charge in [0.05, 0.1) is 5.56 Å². The molecule has 5 nitrogen and oxygen atoms in total. The highest BCUT2D eigenvalue weighted by molar-refractivity contribution is 5.90. The van der Waals surface area contributed by atoms with Crippen LogP contribution < -0.4 is 10.2 Å². The molecule has 0 radical (unpaired) electrons. The highest BCUT2D eigenvalue weighted by Gasteiger charge is 2.21. The van der Waals surface area contributed by atoms with E-state index in [-0.39, 0.29) is 36.5 Å². The number of allylic oxidation sites excluding steroid dienone is 2. The summed E-state index contributed by atoms with van der Waals surface area (Å²) in [6.45, 7) is 0.234. The van der Waals surface area contributed by atoms with Crippen molar-refractivity contribution >= 4 is 17.4 Å². The number of nitrogens with one attached hydrogen (secondary N) is 1. The van der Waals surface area contributed by atoms with Crippen LogP contribution in [0.3, 0.4) is 0 Å². The highest BCUT2D eigenvalue weighted by Crippen LogP contribution is 2.38. The van der Waals surface area contributed by atoms with Crippen LogP contribution in [0.4, 0.5) is 8.78 Å². The van der Waals surface area contributed by atoms with Gasteiger partial charge in [0, 0.05) is 12.0 Å². The molecule has 1 N–H and O–H groups in total. The number of amides is 1. The van der Waals surface area contributed by atoms with E-state index >= 15 is 0 Å². The van der Waals surface area contributed by atoms with Crippen LogP contribution in [0.1, 0.15) is 47.2 Å². The fourth-order valence-corrected chi connectivity index (χ4v) is 3.97. The molecule has 1 atom stereocenters. The van der Waals surface area contributed by atoms with Crippen LogP contribution >= 0.6 is 0 Å². The van der Waals surface area contributed by atoms with Crippen molar-refractivity contribution in [2.24, 2.45) is 5.92 Å². The Morgan fingerprint density at radius 1 is 0.943 bits per heavy atom. The third-order valence-corrected chi connectivity index (χ3v) is 5.83. The van der Waals surface area contributed by atoms with Crippen LogP contribution in [0.25, 0.3) is 5.57 Å². The number of hydroxylamine groups is 1. The molecule has 0 saturated heterocycles. The summed E-state index contributed by atoms with van der Waals surface area (Å²) in [5.41, 5.74) is 4.99. The summed E-state index contributed by atoms with van der Waals surface area (Å²) in [5, 5.41) is 0. The molecule has 1 amide bonds. The first-order chi connectivity index (χ1) is 17.0. The zero-order chi connectivity index (χ0) is 24.6. The van der Waals surface area contributed by atoms with Crippen molar-refractivity contribution < 1.29 is 27.9 Å². The first-order valence-electron chi connectivity index (χ1n) is 11.4. The van der Waals surface area contributed by atoms with E-state index in [0.717, 1.165) is 24.0 Å². The maximum Gasteiger partial charge on any atom is 0.362 e. The van der Waals surface area contributed by atoms with E-state index in [0.29, 0.717) is 23.3 Å². The van der Waals surface area contributed by atoms with Gasteiger partial charge in [0.1, 0.15) is 24.0 Å². The summed E-state index contributed by atoms with van der Waals surface area (Å²) in [5.74, 6) is -1.01. The van der Waals surface area contributed by atoms with E-state index in [1.54, 1.807) is 48.5 Å². The maximum absolute atomic E-state index is 14.0. The first-order valence-corrected chi connectivity index (χ1v) is 11.4. The molecule has 0 fully saturated rings. The molecule has 180 valence electrons. The van der Waals surface area contributed by atoms with Gasteiger partial charge < -0.3 is 9.57 Å². The minimum Gasteiger partial charge on any atom is -0.488 e. The number of hydrogen-bond acceptors (Lipinski definition) is 4. The van der Waals surface area contributed by atoms with Gasteiger partial charge >= 0.3 is 5.97 Å². The van der Waals surface area contributed by atoms with Gasteiger partial charge in [-0.2, -0.15) is 5.48 Å². The quantitative estimate of drug-likeness (QED) is 0.404. The number of rotatable bonds is 8. The molecule has 3 aromatic rings. The first kappa shape index (κ1) is 24.1. The van der Waals surface area contributed by atoms with Crippen LogP contribution in [0.15, 0.2) is 78.9 Å². The number of hydrogen-bond donors (Lipinski definition) is 1. The fraction of sp³-hybridized carbons (Fsp3) is 0.214. The van der Waals surface area contributed by atoms with Gasteiger partial charge in [0.2, 0.25) is 0 Å². The van der Waals surface area contributed by atoms with Crippen molar-refractivity contribution in [3.8, 4) is 5.75 Å². The van der Waals surface area contributed by atoms with Gasteiger partial charge in [-0.15, -0.1) is 0 Å². The molecule has 0 saturated carbocycles. The second kappa shape index (κ2) is 11.4. The Morgan fingerprint density at radius 2 is 1.69 bits per heavy atom. The van der Waals surface area contributed by atoms with Gasteiger partial charge in [0.25, 0.3) is 5.91 Å². The number of carbonyl (C=O) groups excluding carboxylic acids is 2. The summed E-state index contributed by atoms with van der Waals surface area (Å²) in [6, 6.07) is 18.8. The highest BCUT2D eigenvalue weighted by atomic mass is 19.1. The Kier molecular flexibility index (Phi) is 7.88. The van der Waals surface area contributed by atoms with Crippen LogP contribution in [0, 0.1) is 17.6 Å². The summed E-state index contributed by atoms with van der Waals surface area (Å²) in [7, 11) is 0. The molecule has 3 aromatic carbocycles. The zero-order valence-corrected chi connectivity index (χ0v) is 19.0. The van der Waals surface area contributed by atoms with Gasteiger partial charge in [-0.3, -0.25) is 4.79 Å². The SMILES string of the molecule is O=C(CCC1C=C(c2cc(F)ccc2OCc2ccc(F)cc2)CC1)NOC(=O)c1ccccc1. The largest absolute Gasteiger partial charge is 0.488 e. The summed E-state index contributed by atoms with van der Waals surface area (Å²) in [6.07, 6.45) is 4.35. The topological polar surface area (TPSA) is 64.6 Å². The molecule has 0 aliphatic heterocycles. The second-order valence-electron chi connectivity index (χ2n) is 8.37. The fourth-order valence-electron chi connectivity index (χ4n) is 3.97. The number of halogens is 2. The number of ether oxygens (including phenoxy) is 1. The van der Waals surface area contributed by atoms with Crippen LogP contribution in [0.2, 0.25) is 0 Å². The van der Waals surface area contributed by atoms with E-state index in [1.807, 2.05) is 6.08 Å². The molecule has 0 bridgehead atoms. The Hall–Kier alpha value is -4.00. The lowest BCUT2D eigenvalue weighted by molar-refractivity contribution is -0.130. The van der Waals surface area contributed by atoms with Gasteiger partial charge in [0.15, 0.2) is 0 Å². The lowest BCUT2D eigenvalue weighted by Crippen LogP contribution is -2.27. The van der Waals surface area contributed by atoms with Crippen LogP contribution in [-0.4, -0.2) is 11.9 Å². The Balaban J connectivity index is 1.31. The predicted octanol–water partition coefficient (Wildman–Crippen LogP) is 6.01. The molecular weight excluding hydrogens is 452 g/mol. The lowest BCUT2D eigenvalue weighted by Gasteiger charge is -2.13. The molecule has 1 aliphatic rings. The summed E-state index contributed by atoms with van der Waals surface area (Å²) < 4.78 is 33.0. The molecular formula is C28H25F2NO4. The van der Waals surface area contributed by atoms with Crippen molar-refractivity contribution in [2.75, 3.05) is 0 Å². The standard InChI is InChI=1S/C28H25F2NO4/c29-23-11-7-20(8-12-23)18-34-26-14-13-24(30)17-25(26)22-10-6-19(16-22)9-15-27(32)31-35-28(33)21-4-2-1-3-5-21/h1-5,7-8,11-14,16-17,19H,6,9-10,15,18H2,(H,31,32). The normalized spacial score (nSPS) is 14.8. The Bertz CT molecular complexity index is 1210. The molecule has 1 aliphatic carbocycles. The third-order valence-electron chi connectivity index (χ3n) is 5.83. The average Bonchev–Trinajstić information content (AvgIpc) is 3.35. The average molecular weight is 478 g/mol. The van der Waals surface area contributed by atoms with E-state index < -0.39 is 5.97 Å². The molecule has 7 heteroatoms. The molecule has 1 unspecified atom stereocenters. The monoisotopic (exact) mass is 477 g/mol. The molecule has 0 heterocycles. The van der Waals surface area contributed by atoms with E-state index in [2.05, 4.69) is 5.48 Å². The van der Waals surface area contributed by atoms with Crippen LogP contribution in [-0.2, 0) is 16.2 Å². The summed E-state index contributed by atoms with van der Waals surface area (Å²) >= 11 is 0. The van der Waals surface area contributed by atoms with E-state index in [4.69, 9.17) is 9.57 Å². The predicted molar refractivity (Wildman–Crippen MR) is 127 cm³/mol. The molecule has 35 heavy (non-hydrogen) atoms. The van der Waals surface area contributed by atoms with Crippen LogP contribution in [0.5, 0.6) is 5.75 Å². The lowest BCUT2D eigenvalue weighted by atomic mass is 10.0. The van der Waals surface area contributed by atoms with Gasteiger partial charge in [-0.1, -0.05) is 36.4 Å². The van der Waals surface area contributed by atoms with E-state index in [1.165, 1.54) is 24.3 Å². The molecule has 0 spiro atoms. The third kappa shape index (κ3) is 6.76. The molecule has 4 rings (SSSR count). The Morgan fingerprint density at radius 3 is 2.46 bits per heavy atom. The number of carbonyl (C=O) groups is 2. The molecule has 0 aromatic heterocycles. The van der Waals surface area contributed by atoms with Crippen molar-refractivity contribution in [3.05, 3.63) is 107 Å². The smallest absolute Gasteiger partial charge is 0.362 e. The summed E-state index contributed by atoms with van der Waals surface area (Å²) in [4.78, 5) is 28.9. The minimum absolute atomic E-state index is 0.133. The Labute approximate surface area is 202 Å². The second-order valence-corrected chi connectivity index (χ2v) is 8.37. The number of benzene rings is 3. The van der Waals surface area contributed by atoms with Crippen molar-refractivity contribution in [2.45, 2.75) is 32.3 Å². The minimum atomic E-state index is -0.624. The van der Waals surface area contributed by atoms with E-state index in [9.17, 15) is 18.4 Å². The van der Waals surface area contributed by atoms with Crippen molar-refractivity contribution in [1.82, 2.24) is 5.48 Å². The van der Waals surface area contributed by atoms with Crippen molar-refractivity contribution in [3.63, 3.8) is 0 Å². The van der Waals surface area contributed by atoms with Gasteiger partial charge in [-0.25, -0.2) is 13.6 Å².